The predicted octanol–water partition coefficient (Wildman–Crippen LogP) is 3.06. The lowest BCUT2D eigenvalue weighted by atomic mass is 10.1. The van der Waals surface area contributed by atoms with Gasteiger partial charge in [-0.3, -0.25) is 4.79 Å². The van der Waals surface area contributed by atoms with Crippen LogP contribution in [-0.4, -0.2) is 42.0 Å². The van der Waals surface area contributed by atoms with Gasteiger partial charge >= 0.3 is 0 Å². The number of halogens is 3. The number of carbonyl (C=O) groups excluding carboxylic acids is 1. The molecule has 0 aromatic heterocycles. The number of morpholine rings is 1. The predicted molar refractivity (Wildman–Crippen MR) is 75.1 cm³/mol. The monoisotopic (exact) mass is 349 g/mol. The SMILES string of the molecule is CC1COC(CCl)CN1C(=O)c1cc(F)ccc1Br. The van der Waals surface area contributed by atoms with E-state index in [0.29, 0.717) is 29.1 Å². The Hall–Kier alpha value is -0.650. The molecule has 2 unspecified atom stereocenters. The van der Waals surface area contributed by atoms with Crippen LogP contribution in [0, 0.1) is 5.82 Å². The summed E-state index contributed by atoms with van der Waals surface area (Å²) in [6.45, 7) is 2.76. The maximum Gasteiger partial charge on any atom is 0.255 e. The zero-order valence-corrected chi connectivity index (χ0v) is 12.7. The molecule has 1 aromatic rings. The molecule has 1 amide bonds. The Morgan fingerprint density at radius 1 is 1.63 bits per heavy atom. The number of nitrogens with zero attached hydrogens (tertiary/aromatic N) is 1. The number of rotatable bonds is 2. The highest BCUT2D eigenvalue weighted by molar-refractivity contribution is 9.10. The third-order valence-electron chi connectivity index (χ3n) is 3.10. The number of alkyl halides is 1. The largest absolute Gasteiger partial charge is 0.373 e. The smallest absolute Gasteiger partial charge is 0.255 e. The summed E-state index contributed by atoms with van der Waals surface area (Å²) in [5.74, 6) is -0.306. The molecular formula is C13H14BrClFNO2. The van der Waals surface area contributed by atoms with Crippen LogP contribution >= 0.6 is 27.5 Å². The minimum absolute atomic E-state index is 0.0536. The normalized spacial score (nSPS) is 23.5. The van der Waals surface area contributed by atoms with Crippen molar-refractivity contribution in [2.75, 3.05) is 19.0 Å². The standard InChI is InChI=1S/C13H14BrClFNO2/c1-8-7-19-10(5-15)6-17(8)13(18)11-4-9(16)2-3-12(11)14/h2-4,8,10H,5-7H2,1H3. The fraction of sp³-hybridized carbons (Fsp3) is 0.462. The van der Waals surface area contributed by atoms with E-state index in [2.05, 4.69) is 15.9 Å². The molecule has 2 rings (SSSR count). The van der Waals surface area contributed by atoms with Crippen LogP contribution in [0.15, 0.2) is 22.7 Å². The second-order valence-electron chi connectivity index (χ2n) is 4.54. The molecule has 1 aliphatic rings. The molecule has 0 saturated carbocycles. The Bertz CT molecular complexity index is 486. The molecule has 0 bridgehead atoms. The Balaban J connectivity index is 2.24. The fourth-order valence-electron chi connectivity index (χ4n) is 2.01. The summed E-state index contributed by atoms with van der Waals surface area (Å²) in [7, 11) is 0. The molecule has 1 aliphatic heterocycles. The van der Waals surface area contributed by atoms with E-state index in [1.165, 1.54) is 18.2 Å². The summed E-state index contributed by atoms with van der Waals surface area (Å²) < 4.78 is 19.4. The first kappa shape index (κ1) is 14.8. The Kier molecular flexibility index (Phi) is 4.81. The van der Waals surface area contributed by atoms with Crippen LogP contribution in [0.2, 0.25) is 0 Å². The van der Waals surface area contributed by atoms with Crippen LogP contribution in [0.3, 0.4) is 0 Å². The molecule has 0 spiro atoms. The van der Waals surface area contributed by atoms with Crippen molar-refractivity contribution < 1.29 is 13.9 Å². The number of hydrogen-bond donors (Lipinski definition) is 0. The van der Waals surface area contributed by atoms with E-state index in [-0.39, 0.29) is 18.1 Å². The van der Waals surface area contributed by atoms with Gasteiger partial charge in [-0.15, -0.1) is 11.6 Å². The number of carbonyl (C=O) groups is 1. The molecule has 1 saturated heterocycles. The fourth-order valence-corrected chi connectivity index (χ4v) is 2.61. The minimum Gasteiger partial charge on any atom is -0.373 e. The quantitative estimate of drug-likeness (QED) is 0.767. The molecule has 0 aliphatic carbocycles. The molecular weight excluding hydrogens is 337 g/mol. The lowest BCUT2D eigenvalue weighted by Gasteiger charge is -2.37. The molecule has 0 N–H and O–H groups in total. The molecule has 104 valence electrons. The van der Waals surface area contributed by atoms with Gasteiger partial charge in [-0.1, -0.05) is 0 Å². The summed E-state index contributed by atoms with van der Waals surface area (Å²) in [4.78, 5) is 14.2. The van der Waals surface area contributed by atoms with Gasteiger partial charge in [0.2, 0.25) is 0 Å². The van der Waals surface area contributed by atoms with E-state index in [4.69, 9.17) is 16.3 Å². The highest BCUT2D eigenvalue weighted by atomic mass is 79.9. The highest BCUT2D eigenvalue weighted by Gasteiger charge is 2.30. The van der Waals surface area contributed by atoms with Crippen molar-refractivity contribution in [1.29, 1.82) is 0 Å². The zero-order valence-electron chi connectivity index (χ0n) is 10.4. The first-order valence-corrected chi connectivity index (χ1v) is 7.29. The van der Waals surface area contributed by atoms with Crippen molar-refractivity contribution in [2.45, 2.75) is 19.1 Å². The summed E-state index contributed by atoms with van der Waals surface area (Å²) >= 11 is 9.05. The van der Waals surface area contributed by atoms with Crippen LogP contribution in [0.1, 0.15) is 17.3 Å². The molecule has 1 aromatic carbocycles. The van der Waals surface area contributed by atoms with Gasteiger partial charge in [0.15, 0.2) is 0 Å². The molecule has 1 fully saturated rings. The number of ether oxygens (including phenoxy) is 1. The van der Waals surface area contributed by atoms with Crippen molar-refractivity contribution in [3.63, 3.8) is 0 Å². The molecule has 1 heterocycles. The van der Waals surface area contributed by atoms with E-state index in [0.717, 1.165) is 0 Å². The Labute approximate surface area is 124 Å². The van der Waals surface area contributed by atoms with Gasteiger partial charge in [-0.25, -0.2) is 4.39 Å². The molecule has 2 atom stereocenters. The van der Waals surface area contributed by atoms with Crippen LogP contribution in [0.4, 0.5) is 4.39 Å². The number of amides is 1. The average molecular weight is 351 g/mol. The summed E-state index contributed by atoms with van der Waals surface area (Å²) in [6.07, 6.45) is -0.172. The van der Waals surface area contributed by atoms with Crippen molar-refractivity contribution in [3.05, 3.63) is 34.1 Å². The topological polar surface area (TPSA) is 29.5 Å². The van der Waals surface area contributed by atoms with Crippen molar-refractivity contribution in [1.82, 2.24) is 4.90 Å². The summed E-state index contributed by atoms with van der Waals surface area (Å²) in [6, 6.07) is 4.03. The van der Waals surface area contributed by atoms with Gasteiger partial charge in [0.1, 0.15) is 5.82 Å². The minimum atomic E-state index is -0.429. The average Bonchev–Trinajstić information content (AvgIpc) is 2.41. The van der Waals surface area contributed by atoms with E-state index in [1.807, 2.05) is 6.92 Å². The molecule has 3 nitrogen and oxygen atoms in total. The number of benzene rings is 1. The molecule has 6 heteroatoms. The lowest BCUT2D eigenvalue weighted by molar-refractivity contribution is -0.0372. The molecule has 0 radical (unpaired) electrons. The lowest BCUT2D eigenvalue weighted by Crippen LogP contribution is -2.51. The van der Waals surface area contributed by atoms with E-state index >= 15 is 0 Å². The van der Waals surface area contributed by atoms with E-state index in [9.17, 15) is 9.18 Å². The van der Waals surface area contributed by atoms with Gasteiger partial charge in [0.05, 0.1) is 30.2 Å². The van der Waals surface area contributed by atoms with Crippen LogP contribution in [-0.2, 0) is 4.74 Å². The van der Waals surface area contributed by atoms with Crippen molar-refractivity contribution in [3.8, 4) is 0 Å². The second kappa shape index (κ2) is 6.20. The first-order chi connectivity index (χ1) is 9.02. The van der Waals surface area contributed by atoms with Crippen LogP contribution in [0.25, 0.3) is 0 Å². The van der Waals surface area contributed by atoms with Crippen LogP contribution < -0.4 is 0 Å². The van der Waals surface area contributed by atoms with E-state index in [1.54, 1.807) is 4.90 Å². The summed E-state index contributed by atoms with van der Waals surface area (Å²) in [5.41, 5.74) is 0.321. The maximum atomic E-state index is 13.3. The van der Waals surface area contributed by atoms with Gasteiger partial charge in [-0.05, 0) is 41.1 Å². The Morgan fingerprint density at radius 2 is 2.37 bits per heavy atom. The van der Waals surface area contributed by atoms with Crippen molar-refractivity contribution >= 4 is 33.4 Å². The first-order valence-electron chi connectivity index (χ1n) is 5.96. The highest BCUT2D eigenvalue weighted by Crippen LogP contribution is 2.22. The zero-order chi connectivity index (χ0) is 14.0. The van der Waals surface area contributed by atoms with Gasteiger partial charge in [0.25, 0.3) is 5.91 Å². The second-order valence-corrected chi connectivity index (χ2v) is 5.70. The Morgan fingerprint density at radius 3 is 3.05 bits per heavy atom. The maximum absolute atomic E-state index is 13.3. The van der Waals surface area contributed by atoms with Gasteiger partial charge < -0.3 is 9.64 Å². The van der Waals surface area contributed by atoms with Gasteiger partial charge in [0, 0.05) is 11.0 Å². The molecule has 19 heavy (non-hydrogen) atoms. The van der Waals surface area contributed by atoms with E-state index < -0.39 is 5.82 Å². The van der Waals surface area contributed by atoms with Crippen molar-refractivity contribution in [2.24, 2.45) is 0 Å². The third-order valence-corrected chi connectivity index (χ3v) is 4.13. The summed E-state index contributed by atoms with van der Waals surface area (Å²) in [5, 5.41) is 0. The third kappa shape index (κ3) is 3.27. The van der Waals surface area contributed by atoms with Crippen LogP contribution in [0.5, 0.6) is 0 Å². The number of hydrogen-bond acceptors (Lipinski definition) is 2. The van der Waals surface area contributed by atoms with Gasteiger partial charge in [-0.2, -0.15) is 0 Å².